The van der Waals surface area contributed by atoms with Crippen LogP contribution < -0.4 is 10.2 Å². The van der Waals surface area contributed by atoms with Crippen molar-refractivity contribution in [1.82, 2.24) is 0 Å². The molecular weight excluding hydrogens is 332 g/mol. The molecule has 0 aliphatic rings. The zero-order valence-corrected chi connectivity index (χ0v) is 13.1. The molecule has 0 aliphatic heterocycles. The van der Waals surface area contributed by atoms with E-state index in [2.05, 4.69) is 21.2 Å². The number of rotatable bonds is 4. The minimum Gasteiger partial charge on any atom is -0.325 e. The van der Waals surface area contributed by atoms with Gasteiger partial charge in [0, 0.05) is 17.1 Å². The summed E-state index contributed by atoms with van der Waals surface area (Å²) in [6.45, 7) is 1.40. The summed E-state index contributed by atoms with van der Waals surface area (Å²) in [5.74, 6) is -0.433. The summed E-state index contributed by atoms with van der Waals surface area (Å²) in [7, 11) is 0. The maximum absolute atomic E-state index is 12.1. The molecule has 108 valence electrons. The Bertz CT molecular complexity index is 644. The first-order valence-corrected chi connectivity index (χ1v) is 7.25. The monoisotopic (exact) mass is 346 g/mol. The number of benzene rings is 2. The molecule has 0 atom stereocenters. The molecule has 0 heterocycles. The van der Waals surface area contributed by atoms with Gasteiger partial charge < -0.3 is 10.2 Å². The van der Waals surface area contributed by atoms with Crippen LogP contribution in [0.15, 0.2) is 59.1 Å². The zero-order valence-electron chi connectivity index (χ0n) is 11.5. The molecule has 0 saturated heterocycles. The van der Waals surface area contributed by atoms with E-state index in [0.29, 0.717) is 11.4 Å². The highest BCUT2D eigenvalue weighted by atomic mass is 79.9. The normalized spacial score (nSPS) is 10.0. The SMILES string of the molecule is CC(=O)N(CC(=O)Nc1ccccc1)c1ccccc1Br. The molecule has 0 spiro atoms. The van der Waals surface area contributed by atoms with E-state index < -0.39 is 0 Å². The summed E-state index contributed by atoms with van der Waals surface area (Å²) < 4.78 is 0.771. The molecule has 2 amide bonds. The Morgan fingerprint density at radius 2 is 1.67 bits per heavy atom. The van der Waals surface area contributed by atoms with Crippen LogP contribution in [-0.4, -0.2) is 18.4 Å². The van der Waals surface area contributed by atoms with Crippen molar-refractivity contribution in [3.05, 3.63) is 59.1 Å². The lowest BCUT2D eigenvalue weighted by Crippen LogP contribution is -2.36. The Hall–Kier alpha value is -2.14. The number of nitrogens with one attached hydrogen (secondary N) is 1. The predicted molar refractivity (Wildman–Crippen MR) is 87.2 cm³/mol. The highest BCUT2D eigenvalue weighted by molar-refractivity contribution is 9.10. The molecule has 0 bridgehead atoms. The fraction of sp³-hybridized carbons (Fsp3) is 0.125. The lowest BCUT2D eigenvalue weighted by molar-refractivity contribution is -0.120. The fourth-order valence-electron chi connectivity index (χ4n) is 1.90. The number of carbonyl (C=O) groups is 2. The lowest BCUT2D eigenvalue weighted by Gasteiger charge is -2.21. The van der Waals surface area contributed by atoms with Crippen LogP contribution in [0.1, 0.15) is 6.92 Å². The topological polar surface area (TPSA) is 49.4 Å². The van der Waals surface area contributed by atoms with E-state index in [1.165, 1.54) is 11.8 Å². The number of carbonyl (C=O) groups excluding carboxylic acids is 2. The first-order chi connectivity index (χ1) is 10.1. The molecule has 0 unspecified atom stereocenters. The molecule has 0 radical (unpaired) electrons. The zero-order chi connectivity index (χ0) is 15.2. The molecule has 1 N–H and O–H groups in total. The van der Waals surface area contributed by atoms with Gasteiger partial charge in [-0.05, 0) is 40.2 Å². The van der Waals surface area contributed by atoms with Crippen molar-refractivity contribution in [2.45, 2.75) is 6.92 Å². The van der Waals surface area contributed by atoms with Crippen molar-refractivity contribution in [3.8, 4) is 0 Å². The first-order valence-electron chi connectivity index (χ1n) is 6.45. The van der Waals surface area contributed by atoms with Crippen molar-refractivity contribution >= 4 is 39.1 Å². The smallest absolute Gasteiger partial charge is 0.244 e. The molecule has 2 rings (SSSR count). The third-order valence-electron chi connectivity index (χ3n) is 2.88. The van der Waals surface area contributed by atoms with Gasteiger partial charge in [-0.3, -0.25) is 9.59 Å². The van der Waals surface area contributed by atoms with Crippen LogP contribution in [0.25, 0.3) is 0 Å². The Kier molecular flexibility index (Phi) is 5.11. The van der Waals surface area contributed by atoms with Gasteiger partial charge in [0.25, 0.3) is 0 Å². The highest BCUT2D eigenvalue weighted by Crippen LogP contribution is 2.25. The number of hydrogen-bond acceptors (Lipinski definition) is 2. The molecule has 5 heteroatoms. The Balaban J connectivity index is 2.12. The fourth-order valence-corrected chi connectivity index (χ4v) is 2.40. The van der Waals surface area contributed by atoms with Crippen LogP contribution in [0, 0.1) is 0 Å². The summed E-state index contributed by atoms with van der Waals surface area (Å²) in [5, 5.41) is 2.77. The average molecular weight is 347 g/mol. The van der Waals surface area contributed by atoms with Gasteiger partial charge in [-0.2, -0.15) is 0 Å². The van der Waals surface area contributed by atoms with E-state index in [1.54, 1.807) is 18.2 Å². The van der Waals surface area contributed by atoms with Crippen LogP contribution in [0.4, 0.5) is 11.4 Å². The number of hydrogen-bond donors (Lipinski definition) is 1. The molecule has 0 fully saturated rings. The number of para-hydroxylation sites is 2. The molecule has 2 aromatic carbocycles. The van der Waals surface area contributed by atoms with E-state index in [4.69, 9.17) is 0 Å². The maximum Gasteiger partial charge on any atom is 0.244 e. The largest absolute Gasteiger partial charge is 0.325 e. The number of nitrogens with zero attached hydrogens (tertiary/aromatic N) is 1. The molecule has 0 aromatic heterocycles. The molecule has 21 heavy (non-hydrogen) atoms. The molecule has 0 saturated carbocycles. The van der Waals surface area contributed by atoms with Gasteiger partial charge in [0.15, 0.2) is 0 Å². The quantitative estimate of drug-likeness (QED) is 0.921. The lowest BCUT2D eigenvalue weighted by atomic mass is 10.2. The summed E-state index contributed by atoms with van der Waals surface area (Å²) in [6.07, 6.45) is 0. The third-order valence-corrected chi connectivity index (χ3v) is 3.55. The van der Waals surface area contributed by atoms with Gasteiger partial charge in [0.05, 0.1) is 5.69 Å². The van der Waals surface area contributed by atoms with Gasteiger partial charge >= 0.3 is 0 Å². The van der Waals surface area contributed by atoms with Crippen molar-refractivity contribution in [2.75, 3.05) is 16.8 Å². The van der Waals surface area contributed by atoms with Crippen LogP contribution in [0.2, 0.25) is 0 Å². The molecule has 2 aromatic rings. The van der Waals surface area contributed by atoms with E-state index in [9.17, 15) is 9.59 Å². The van der Waals surface area contributed by atoms with E-state index in [1.807, 2.05) is 36.4 Å². The first kappa shape index (κ1) is 15.3. The van der Waals surface area contributed by atoms with Gasteiger partial charge in [-0.15, -0.1) is 0 Å². The second-order valence-electron chi connectivity index (χ2n) is 4.47. The van der Waals surface area contributed by atoms with Crippen LogP contribution >= 0.6 is 15.9 Å². The van der Waals surface area contributed by atoms with Crippen molar-refractivity contribution < 1.29 is 9.59 Å². The van der Waals surface area contributed by atoms with E-state index in [0.717, 1.165) is 4.47 Å². The minimum absolute atomic E-state index is 0.0349. The van der Waals surface area contributed by atoms with Gasteiger partial charge in [-0.25, -0.2) is 0 Å². The van der Waals surface area contributed by atoms with Gasteiger partial charge in [-0.1, -0.05) is 30.3 Å². The van der Waals surface area contributed by atoms with E-state index >= 15 is 0 Å². The second kappa shape index (κ2) is 7.04. The molecule has 0 aliphatic carbocycles. The number of halogens is 1. The molecule has 4 nitrogen and oxygen atoms in total. The van der Waals surface area contributed by atoms with Crippen molar-refractivity contribution in [2.24, 2.45) is 0 Å². The maximum atomic E-state index is 12.1. The second-order valence-corrected chi connectivity index (χ2v) is 5.33. The number of anilines is 2. The van der Waals surface area contributed by atoms with Crippen LogP contribution in [-0.2, 0) is 9.59 Å². The standard InChI is InChI=1S/C16H15BrN2O2/c1-12(20)19(15-10-6-5-9-14(15)17)11-16(21)18-13-7-3-2-4-8-13/h2-10H,11H2,1H3,(H,18,21). The van der Waals surface area contributed by atoms with Crippen molar-refractivity contribution in [1.29, 1.82) is 0 Å². The Morgan fingerprint density at radius 1 is 1.05 bits per heavy atom. The average Bonchev–Trinajstić information content (AvgIpc) is 2.46. The highest BCUT2D eigenvalue weighted by Gasteiger charge is 2.17. The minimum atomic E-state index is -0.243. The van der Waals surface area contributed by atoms with Crippen molar-refractivity contribution in [3.63, 3.8) is 0 Å². The summed E-state index contributed by atoms with van der Waals surface area (Å²) in [5.41, 5.74) is 1.38. The summed E-state index contributed by atoms with van der Waals surface area (Å²) >= 11 is 3.40. The Labute approximate surface area is 131 Å². The van der Waals surface area contributed by atoms with Gasteiger partial charge in [0.2, 0.25) is 11.8 Å². The summed E-state index contributed by atoms with van der Waals surface area (Å²) in [6, 6.07) is 16.5. The Morgan fingerprint density at radius 3 is 2.29 bits per heavy atom. The summed E-state index contributed by atoms with van der Waals surface area (Å²) in [4.78, 5) is 25.3. The number of amides is 2. The van der Waals surface area contributed by atoms with Crippen LogP contribution in [0.3, 0.4) is 0 Å². The molecular formula is C16H15BrN2O2. The van der Waals surface area contributed by atoms with Crippen LogP contribution in [0.5, 0.6) is 0 Å². The van der Waals surface area contributed by atoms with Gasteiger partial charge in [0.1, 0.15) is 6.54 Å². The van der Waals surface area contributed by atoms with E-state index in [-0.39, 0.29) is 18.4 Å². The predicted octanol–water partition coefficient (Wildman–Crippen LogP) is 3.44. The third kappa shape index (κ3) is 4.16.